The number of rotatable bonds is 6. The van der Waals surface area contributed by atoms with Gasteiger partial charge >= 0.3 is 0 Å². The number of benzene rings is 3. The van der Waals surface area contributed by atoms with Crippen molar-refractivity contribution in [3.8, 4) is 5.75 Å². The average molecular weight is 477 g/mol. The van der Waals surface area contributed by atoms with Crippen LogP contribution in [0.15, 0.2) is 72.8 Å². The van der Waals surface area contributed by atoms with Crippen LogP contribution in [0.5, 0.6) is 5.75 Å². The molecule has 1 N–H and O–H groups in total. The van der Waals surface area contributed by atoms with Crippen molar-refractivity contribution in [3.63, 3.8) is 0 Å². The first-order chi connectivity index (χ1) is 16.4. The van der Waals surface area contributed by atoms with Crippen LogP contribution in [0.2, 0.25) is 0 Å². The summed E-state index contributed by atoms with van der Waals surface area (Å²) in [5, 5.41) is 3.02. The maximum atomic E-state index is 13.4. The van der Waals surface area contributed by atoms with Crippen LogP contribution in [0.25, 0.3) is 0 Å². The molecular formula is C27H28N2O4S. The van der Waals surface area contributed by atoms with E-state index < -0.39 is 16.1 Å². The van der Waals surface area contributed by atoms with E-state index in [1.54, 1.807) is 36.4 Å². The molecule has 0 aromatic heterocycles. The molecule has 0 radical (unpaired) electrons. The van der Waals surface area contributed by atoms with Gasteiger partial charge in [0.25, 0.3) is 5.91 Å². The van der Waals surface area contributed by atoms with Crippen molar-refractivity contribution in [1.29, 1.82) is 0 Å². The minimum Gasteiger partial charge on any atom is -0.476 e. The molecule has 6 nitrogen and oxygen atoms in total. The van der Waals surface area contributed by atoms with E-state index in [2.05, 4.69) is 23.5 Å². The van der Waals surface area contributed by atoms with Gasteiger partial charge in [0, 0.05) is 0 Å². The Hall–Kier alpha value is -3.32. The molecule has 0 fully saturated rings. The highest BCUT2D eigenvalue weighted by molar-refractivity contribution is 7.92. The SMILES string of the molecule is C[C@@H](NC(=O)[C@H]1CN(S(=O)(=O)Cc2ccccc2)c2ccccc2O1)c1ccc2c(c1)CCC2. The normalized spacial score (nSPS) is 17.9. The van der Waals surface area contributed by atoms with Crippen LogP contribution in [-0.2, 0) is 33.4 Å². The van der Waals surface area contributed by atoms with E-state index in [1.165, 1.54) is 21.9 Å². The number of sulfonamides is 1. The van der Waals surface area contributed by atoms with Crippen LogP contribution in [0.1, 0.15) is 41.6 Å². The summed E-state index contributed by atoms with van der Waals surface area (Å²) in [5.74, 6) is -0.0969. The number of hydrogen-bond donors (Lipinski definition) is 1. The van der Waals surface area contributed by atoms with Crippen molar-refractivity contribution >= 4 is 21.6 Å². The molecule has 176 valence electrons. The molecule has 34 heavy (non-hydrogen) atoms. The van der Waals surface area contributed by atoms with Gasteiger partial charge in [0.15, 0.2) is 6.10 Å². The number of carbonyl (C=O) groups excluding carboxylic acids is 1. The van der Waals surface area contributed by atoms with E-state index in [4.69, 9.17) is 4.74 Å². The molecule has 0 bridgehead atoms. The van der Waals surface area contributed by atoms with Crippen molar-refractivity contribution in [2.45, 2.75) is 44.1 Å². The Kier molecular flexibility index (Phi) is 6.04. The van der Waals surface area contributed by atoms with E-state index in [0.29, 0.717) is 17.0 Å². The number of ether oxygens (including phenoxy) is 1. The van der Waals surface area contributed by atoms with E-state index >= 15 is 0 Å². The highest BCUT2D eigenvalue weighted by Crippen LogP contribution is 2.36. The number of anilines is 1. The first-order valence-corrected chi connectivity index (χ1v) is 13.2. The molecule has 2 atom stereocenters. The highest BCUT2D eigenvalue weighted by atomic mass is 32.2. The fourth-order valence-electron chi connectivity index (χ4n) is 4.72. The number of nitrogens with zero attached hydrogens (tertiary/aromatic N) is 1. The molecule has 0 saturated carbocycles. The topological polar surface area (TPSA) is 75.7 Å². The van der Waals surface area contributed by atoms with Gasteiger partial charge in [0.05, 0.1) is 24.0 Å². The lowest BCUT2D eigenvalue weighted by Gasteiger charge is -2.35. The fraction of sp³-hybridized carbons (Fsp3) is 0.296. The summed E-state index contributed by atoms with van der Waals surface area (Å²) < 4.78 is 34.0. The van der Waals surface area contributed by atoms with E-state index in [9.17, 15) is 13.2 Å². The second kappa shape index (κ2) is 9.14. The number of para-hydroxylation sites is 2. The van der Waals surface area contributed by atoms with Crippen molar-refractivity contribution in [1.82, 2.24) is 5.32 Å². The number of fused-ring (bicyclic) bond motifs is 2. The fourth-order valence-corrected chi connectivity index (χ4v) is 6.30. The molecule has 5 rings (SSSR count). The van der Waals surface area contributed by atoms with Gasteiger partial charge in [-0.1, -0.05) is 60.7 Å². The summed E-state index contributed by atoms with van der Waals surface area (Å²) in [6.07, 6.45) is 2.40. The van der Waals surface area contributed by atoms with Crippen LogP contribution >= 0.6 is 0 Å². The van der Waals surface area contributed by atoms with Crippen LogP contribution in [-0.4, -0.2) is 27.0 Å². The van der Waals surface area contributed by atoms with Gasteiger partial charge in [-0.15, -0.1) is 0 Å². The maximum absolute atomic E-state index is 13.4. The zero-order valence-corrected chi connectivity index (χ0v) is 19.9. The largest absolute Gasteiger partial charge is 0.476 e. The number of hydrogen-bond acceptors (Lipinski definition) is 4. The smallest absolute Gasteiger partial charge is 0.263 e. The van der Waals surface area contributed by atoms with Crippen molar-refractivity contribution in [2.24, 2.45) is 0 Å². The van der Waals surface area contributed by atoms with Gasteiger partial charge in [-0.05, 0) is 60.6 Å². The Balaban J connectivity index is 1.36. The predicted molar refractivity (Wildman–Crippen MR) is 132 cm³/mol. The molecule has 3 aromatic carbocycles. The summed E-state index contributed by atoms with van der Waals surface area (Å²) in [6, 6.07) is 22.1. The average Bonchev–Trinajstić information content (AvgIpc) is 3.31. The Morgan fingerprint density at radius 1 is 1.03 bits per heavy atom. The number of amides is 1. The quantitative estimate of drug-likeness (QED) is 0.580. The molecule has 0 unspecified atom stereocenters. The van der Waals surface area contributed by atoms with Gasteiger partial charge in [-0.3, -0.25) is 9.10 Å². The molecule has 1 aliphatic carbocycles. The first-order valence-electron chi connectivity index (χ1n) is 11.6. The Morgan fingerprint density at radius 3 is 2.59 bits per heavy atom. The molecular weight excluding hydrogens is 448 g/mol. The second-order valence-corrected chi connectivity index (χ2v) is 10.9. The van der Waals surface area contributed by atoms with Crippen LogP contribution in [0.4, 0.5) is 5.69 Å². The van der Waals surface area contributed by atoms with E-state index in [0.717, 1.165) is 18.4 Å². The third-order valence-corrected chi connectivity index (χ3v) is 8.25. The van der Waals surface area contributed by atoms with E-state index in [-0.39, 0.29) is 24.2 Å². The van der Waals surface area contributed by atoms with E-state index in [1.807, 2.05) is 25.1 Å². The lowest BCUT2D eigenvalue weighted by Crippen LogP contribution is -2.51. The number of carbonyl (C=O) groups is 1. The molecule has 3 aromatic rings. The third kappa shape index (κ3) is 4.53. The van der Waals surface area contributed by atoms with Crippen molar-refractivity contribution in [2.75, 3.05) is 10.8 Å². The molecule has 1 amide bonds. The van der Waals surface area contributed by atoms with Crippen LogP contribution in [0.3, 0.4) is 0 Å². The van der Waals surface area contributed by atoms with Gasteiger partial charge in [-0.25, -0.2) is 8.42 Å². The molecule has 0 saturated heterocycles. The van der Waals surface area contributed by atoms with Gasteiger partial charge in [-0.2, -0.15) is 0 Å². The summed E-state index contributed by atoms with van der Waals surface area (Å²) in [6.45, 7) is 1.87. The summed E-state index contributed by atoms with van der Waals surface area (Å²) in [5.41, 5.74) is 4.92. The lowest BCUT2D eigenvalue weighted by molar-refractivity contribution is -0.128. The third-order valence-electron chi connectivity index (χ3n) is 6.54. The molecule has 2 aliphatic rings. The van der Waals surface area contributed by atoms with Crippen LogP contribution < -0.4 is 14.4 Å². The monoisotopic (exact) mass is 476 g/mol. The van der Waals surface area contributed by atoms with Crippen molar-refractivity contribution < 1.29 is 17.9 Å². The Morgan fingerprint density at radius 2 is 1.76 bits per heavy atom. The molecule has 1 aliphatic heterocycles. The highest BCUT2D eigenvalue weighted by Gasteiger charge is 2.37. The summed E-state index contributed by atoms with van der Waals surface area (Å²) in [4.78, 5) is 13.2. The number of aryl methyl sites for hydroxylation is 2. The summed E-state index contributed by atoms with van der Waals surface area (Å²) in [7, 11) is -3.73. The summed E-state index contributed by atoms with van der Waals surface area (Å²) >= 11 is 0. The van der Waals surface area contributed by atoms with Gasteiger partial charge in [0.2, 0.25) is 10.0 Å². The minimum atomic E-state index is -3.73. The Bertz CT molecular complexity index is 1310. The Labute approximate surface area is 200 Å². The minimum absolute atomic E-state index is 0.0745. The lowest BCUT2D eigenvalue weighted by atomic mass is 10.0. The zero-order valence-electron chi connectivity index (χ0n) is 19.1. The predicted octanol–water partition coefficient (Wildman–Crippen LogP) is 4.15. The van der Waals surface area contributed by atoms with Gasteiger partial charge < -0.3 is 10.1 Å². The zero-order chi connectivity index (χ0) is 23.7. The van der Waals surface area contributed by atoms with Crippen molar-refractivity contribution in [3.05, 3.63) is 95.1 Å². The maximum Gasteiger partial charge on any atom is 0.263 e. The molecule has 0 spiro atoms. The second-order valence-electron chi connectivity index (χ2n) is 8.96. The standard InChI is InChI=1S/C27H28N2O4S/c1-19(22-15-14-21-10-7-11-23(21)16-22)28-27(30)26-17-29(24-12-5-6-13-25(24)33-26)34(31,32)18-20-8-3-2-4-9-20/h2-6,8-9,12-16,19,26H,7,10-11,17-18H2,1H3,(H,28,30)/t19-,26-/m1/s1. The number of nitrogens with one attached hydrogen (secondary N) is 1. The molecule has 7 heteroatoms. The van der Waals surface area contributed by atoms with Gasteiger partial charge in [0.1, 0.15) is 5.75 Å². The first kappa shape index (κ1) is 22.5. The molecule has 1 heterocycles. The van der Waals surface area contributed by atoms with Crippen LogP contribution in [0, 0.1) is 0 Å².